The molecule has 1 aromatic rings. The predicted molar refractivity (Wildman–Crippen MR) is 102 cm³/mol. The number of imidazole rings is 1. The zero-order valence-corrected chi connectivity index (χ0v) is 16.2. The third kappa shape index (κ3) is 8.04. The first-order valence-corrected chi connectivity index (χ1v) is 10.2. The van der Waals surface area contributed by atoms with E-state index in [1.54, 1.807) is 0 Å². The Morgan fingerprint density at radius 1 is 0.826 bits per heavy atom. The Balaban J connectivity index is 2.35. The van der Waals surface area contributed by atoms with Crippen molar-refractivity contribution >= 4 is 0 Å². The highest BCUT2D eigenvalue weighted by atomic mass is 15.1. The molecule has 1 rings (SSSR count). The molecule has 0 fully saturated rings. The van der Waals surface area contributed by atoms with Gasteiger partial charge in [-0.25, -0.2) is 4.98 Å². The Labute approximate surface area is 145 Å². The maximum Gasteiger partial charge on any atom is 0.111 e. The highest BCUT2D eigenvalue weighted by molar-refractivity contribution is 5.00. The van der Waals surface area contributed by atoms with Gasteiger partial charge in [0.2, 0.25) is 0 Å². The lowest BCUT2D eigenvalue weighted by Crippen LogP contribution is -2.11. The lowest BCUT2D eigenvalue weighted by molar-refractivity contribution is 0.438. The van der Waals surface area contributed by atoms with Gasteiger partial charge >= 0.3 is 0 Å². The second kappa shape index (κ2) is 12.6. The summed E-state index contributed by atoms with van der Waals surface area (Å²) < 4.78 is 2.44. The van der Waals surface area contributed by atoms with Gasteiger partial charge in [0.15, 0.2) is 0 Å². The minimum absolute atomic E-state index is 0.592. The van der Waals surface area contributed by atoms with Crippen LogP contribution >= 0.6 is 0 Å². The van der Waals surface area contributed by atoms with Crippen LogP contribution in [0.5, 0.6) is 0 Å². The van der Waals surface area contributed by atoms with E-state index in [1.165, 1.54) is 82.9 Å². The van der Waals surface area contributed by atoms with Gasteiger partial charge in [-0.15, -0.1) is 0 Å². The van der Waals surface area contributed by atoms with Gasteiger partial charge < -0.3 is 4.57 Å². The summed E-state index contributed by atoms with van der Waals surface area (Å²) in [5.41, 5.74) is 0. The molecule has 0 saturated carbocycles. The van der Waals surface area contributed by atoms with Crippen molar-refractivity contribution in [3.8, 4) is 0 Å². The van der Waals surface area contributed by atoms with Crippen LogP contribution in [0.4, 0.5) is 0 Å². The summed E-state index contributed by atoms with van der Waals surface area (Å²) in [6.45, 7) is 9.28. The van der Waals surface area contributed by atoms with E-state index in [9.17, 15) is 0 Å². The fourth-order valence-corrected chi connectivity index (χ4v) is 3.44. The molecule has 0 N–H and O–H groups in total. The first kappa shape index (κ1) is 20.3. The van der Waals surface area contributed by atoms with Crippen molar-refractivity contribution in [3.63, 3.8) is 0 Å². The molecule has 0 amide bonds. The Bertz CT molecular complexity index is 348. The topological polar surface area (TPSA) is 17.8 Å². The number of aromatic nitrogens is 2. The summed E-state index contributed by atoms with van der Waals surface area (Å²) in [6, 6.07) is 0.594. The molecule has 0 radical (unpaired) electrons. The van der Waals surface area contributed by atoms with Crippen LogP contribution in [0.15, 0.2) is 12.4 Å². The predicted octanol–water partition coefficient (Wildman–Crippen LogP) is 7.27. The molecule has 0 saturated heterocycles. The van der Waals surface area contributed by atoms with Crippen molar-refractivity contribution in [2.45, 2.75) is 117 Å². The summed E-state index contributed by atoms with van der Waals surface area (Å²) in [5.74, 6) is 1.90. The highest BCUT2D eigenvalue weighted by Gasteiger charge is 2.15. The third-order valence-corrected chi connectivity index (χ3v) is 5.08. The van der Waals surface area contributed by atoms with Crippen LogP contribution in [-0.2, 0) is 0 Å². The molecule has 2 unspecified atom stereocenters. The van der Waals surface area contributed by atoms with E-state index in [-0.39, 0.29) is 0 Å². The summed E-state index contributed by atoms with van der Waals surface area (Å²) in [7, 11) is 0. The average Bonchev–Trinajstić information content (AvgIpc) is 3.04. The summed E-state index contributed by atoms with van der Waals surface area (Å²) in [5, 5.41) is 0. The van der Waals surface area contributed by atoms with E-state index in [0.717, 1.165) is 0 Å². The molecule has 0 spiro atoms. The van der Waals surface area contributed by atoms with E-state index < -0.39 is 0 Å². The normalized spacial score (nSPS) is 14.1. The third-order valence-electron chi connectivity index (χ3n) is 5.08. The standard InChI is InChI=1S/C21H40N2/c1-5-7-9-11-13-15-19(3)21-22-17-18-23(21)20(4)16-14-12-10-8-6-2/h17-20H,5-16H2,1-4H3. The van der Waals surface area contributed by atoms with Crippen LogP contribution < -0.4 is 0 Å². The highest BCUT2D eigenvalue weighted by Crippen LogP contribution is 2.25. The van der Waals surface area contributed by atoms with Gasteiger partial charge in [-0.2, -0.15) is 0 Å². The minimum atomic E-state index is 0.592. The lowest BCUT2D eigenvalue weighted by atomic mass is 10.0. The second-order valence-corrected chi connectivity index (χ2v) is 7.35. The van der Waals surface area contributed by atoms with Crippen molar-refractivity contribution in [2.75, 3.05) is 0 Å². The quantitative estimate of drug-likeness (QED) is 0.330. The molecular formula is C21H40N2. The number of hydrogen-bond donors (Lipinski definition) is 0. The average molecular weight is 321 g/mol. The van der Waals surface area contributed by atoms with Gasteiger partial charge in [-0.3, -0.25) is 0 Å². The Morgan fingerprint density at radius 2 is 1.39 bits per heavy atom. The van der Waals surface area contributed by atoms with Gasteiger partial charge in [0.05, 0.1) is 0 Å². The van der Waals surface area contributed by atoms with E-state index in [1.807, 2.05) is 6.20 Å². The number of unbranched alkanes of at least 4 members (excludes halogenated alkanes) is 8. The van der Waals surface area contributed by atoms with Gasteiger partial charge in [0.25, 0.3) is 0 Å². The largest absolute Gasteiger partial charge is 0.332 e. The van der Waals surface area contributed by atoms with E-state index in [2.05, 4.69) is 43.4 Å². The molecule has 1 aromatic heterocycles. The Hall–Kier alpha value is -0.790. The van der Waals surface area contributed by atoms with E-state index in [4.69, 9.17) is 0 Å². The van der Waals surface area contributed by atoms with Crippen molar-refractivity contribution in [1.29, 1.82) is 0 Å². The molecular weight excluding hydrogens is 280 g/mol. The van der Waals surface area contributed by atoms with Gasteiger partial charge in [-0.05, 0) is 19.8 Å². The van der Waals surface area contributed by atoms with Gasteiger partial charge in [0.1, 0.15) is 5.82 Å². The van der Waals surface area contributed by atoms with Crippen molar-refractivity contribution < 1.29 is 0 Å². The van der Waals surface area contributed by atoms with Crippen LogP contribution in [0, 0.1) is 0 Å². The van der Waals surface area contributed by atoms with Crippen LogP contribution in [0.2, 0.25) is 0 Å². The smallest absolute Gasteiger partial charge is 0.111 e. The first-order chi connectivity index (χ1) is 11.2. The molecule has 23 heavy (non-hydrogen) atoms. The lowest BCUT2D eigenvalue weighted by Gasteiger charge is -2.20. The molecule has 0 aromatic carbocycles. The summed E-state index contributed by atoms with van der Waals surface area (Å²) >= 11 is 0. The minimum Gasteiger partial charge on any atom is -0.332 e. The van der Waals surface area contributed by atoms with Gasteiger partial charge in [-0.1, -0.05) is 85.0 Å². The maximum atomic E-state index is 4.67. The fourth-order valence-electron chi connectivity index (χ4n) is 3.44. The molecule has 0 aliphatic rings. The van der Waals surface area contributed by atoms with Crippen molar-refractivity contribution in [2.24, 2.45) is 0 Å². The Morgan fingerprint density at radius 3 is 2.00 bits per heavy atom. The molecule has 0 aliphatic carbocycles. The van der Waals surface area contributed by atoms with Crippen molar-refractivity contribution in [3.05, 3.63) is 18.2 Å². The fraction of sp³-hybridized carbons (Fsp3) is 0.857. The first-order valence-electron chi connectivity index (χ1n) is 10.2. The second-order valence-electron chi connectivity index (χ2n) is 7.35. The molecule has 2 atom stereocenters. The molecule has 1 heterocycles. The van der Waals surface area contributed by atoms with E-state index in [0.29, 0.717) is 12.0 Å². The van der Waals surface area contributed by atoms with Crippen LogP contribution in [-0.4, -0.2) is 9.55 Å². The SMILES string of the molecule is CCCCCCCC(C)c1nccn1C(C)CCCCCCC. The molecule has 2 heteroatoms. The van der Waals surface area contributed by atoms with Crippen molar-refractivity contribution in [1.82, 2.24) is 9.55 Å². The molecule has 2 nitrogen and oxygen atoms in total. The number of hydrogen-bond acceptors (Lipinski definition) is 1. The molecule has 0 aliphatic heterocycles. The van der Waals surface area contributed by atoms with Crippen LogP contribution in [0.3, 0.4) is 0 Å². The maximum absolute atomic E-state index is 4.67. The zero-order chi connectivity index (χ0) is 16.9. The number of rotatable bonds is 14. The molecule has 0 bridgehead atoms. The Kier molecular flexibility index (Phi) is 11.1. The summed E-state index contributed by atoms with van der Waals surface area (Å²) in [6.07, 6.45) is 20.5. The van der Waals surface area contributed by atoms with Gasteiger partial charge in [0, 0.05) is 24.4 Å². The zero-order valence-electron chi connectivity index (χ0n) is 16.2. The van der Waals surface area contributed by atoms with Crippen LogP contribution in [0.1, 0.15) is 123 Å². The van der Waals surface area contributed by atoms with Crippen LogP contribution in [0.25, 0.3) is 0 Å². The molecule has 134 valence electrons. The monoisotopic (exact) mass is 320 g/mol. The summed E-state index contributed by atoms with van der Waals surface area (Å²) in [4.78, 5) is 4.67. The number of nitrogens with zero attached hydrogens (tertiary/aromatic N) is 2. The van der Waals surface area contributed by atoms with E-state index >= 15 is 0 Å².